The van der Waals surface area contributed by atoms with E-state index in [-0.39, 0.29) is 31.8 Å². The Morgan fingerprint density at radius 2 is 1.63 bits per heavy atom. The zero-order chi connectivity index (χ0) is 31.3. The number of piperidine rings is 2. The van der Waals surface area contributed by atoms with Gasteiger partial charge < -0.3 is 30.1 Å². The van der Waals surface area contributed by atoms with Crippen LogP contribution in [0.4, 0.5) is 15.3 Å². The van der Waals surface area contributed by atoms with Crippen LogP contribution in [0, 0.1) is 6.92 Å². The summed E-state index contributed by atoms with van der Waals surface area (Å²) in [5, 5.41) is 7.10. The number of carbonyl (C=O) groups excluding carboxylic acids is 3. The highest BCUT2D eigenvalue weighted by atomic mass is 35.5. The monoisotopic (exact) mass is 652 g/mol. The molecular formula is C35H49ClN6O4. The third-order valence-electron chi connectivity index (χ3n) is 9.93. The number of nitrogens with zero attached hydrogens (tertiary/aromatic N) is 4. The van der Waals surface area contributed by atoms with Gasteiger partial charge in [-0.3, -0.25) is 9.69 Å². The largest absolute Gasteiger partial charge is 0.436 e. The summed E-state index contributed by atoms with van der Waals surface area (Å²) in [5.41, 5.74) is 3.81. The van der Waals surface area contributed by atoms with Gasteiger partial charge in [-0.2, -0.15) is 0 Å². The van der Waals surface area contributed by atoms with E-state index in [2.05, 4.69) is 15.5 Å². The molecule has 4 aliphatic rings. The molecule has 3 saturated heterocycles. The maximum Gasteiger partial charge on any atom is 0.410 e. The number of benzene rings is 2. The molecule has 10 nitrogen and oxygen atoms in total. The molecule has 4 amide bonds. The van der Waals surface area contributed by atoms with E-state index >= 15 is 0 Å². The number of hydrogen-bond acceptors (Lipinski definition) is 6. The number of likely N-dealkylation sites (tertiary alicyclic amines) is 1. The minimum Gasteiger partial charge on any atom is -0.436 e. The van der Waals surface area contributed by atoms with E-state index in [1.165, 1.54) is 0 Å². The summed E-state index contributed by atoms with van der Waals surface area (Å²) in [6, 6.07) is 14.1. The van der Waals surface area contributed by atoms with Gasteiger partial charge in [0.15, 0.2) is 6.10 Å². The first-order valence-electron chi connectivity index (χ1n) is 16.5. The molecule has 2 aromatic carbocycles. The van der Waals surface area contributed by atoms with Gasteiger partial charge in [-0.05, 0) is 80.9 Å². The van der Waals surface area contributed by atoms with Crippen LogP contribution in [0.1, 0.15) is 49.8 Å². The number of nitrogens with one attached hydrogen (secondary N) is 2. The average Bonchev–Trinajstić information content (AvgIpc) is 3.24. The van der Waals surface area contributed by atoms with Crippen molar-refractivity contribution in [1.29, 1.82) is 0 Å². The molecule has 0 bridgehead atoms. The summed E-state index contributed by atoms with van der Waals surface area (Å²) in [7, 11) is 0. The summed E-state index contributed by atoms with van der Waals surface area (Å²) in [6.45, 7) is 8.49. The van der Waals surface area contributed by atoms with Gasteiger partial charge in [0.2, 0.25) is 0 Å². The summed E-state index contributed by atoms with van der Waals surface area (Å²) >= 11 is 6.41. The topological polar surface area (TPSA) is 97.5 Å². The Morgan fingerprint density at radius 1 is 0.913 bits per heavy atom. The number of fused-ring (bicyclic) bond motifs is 1. The highest BCUT2D eigenvalue weighted by Crippen LogP contribution is 2.26. The number of halogens is 1. The number of aryl methyl sites for hydroxylation is 1. The van der Waals surface area contributed by atoms with Crippen LogP contribution in [0.5, 0.6) is 0 Å². The van der Waals surface area contributed by atoms with E-state index in [0.717, 1.165) is 67.8 Å². The maximum absolute atomic E-state index is 13.9. The molecule has 3 fully saturated rings. The Bertz CT molecular complexity index is 1370. The molecule has 0 radical (unpaired) electrons. The molecule has 0 unspecified atom stereocenters. The third kappa shape index (κ3) is 7.96. The van der Waals surface area contributed by atoms with Crippen molar-refractivity contribution in [2.24, 2.45) is 0 Å². The third-order valence-corrected chi connectivity index (χ3v) is 10.3. The SMILES string of the molecule is C.Cc1ccc(C[C@@H](OC(=O)N2CCC(N3CCc4ccccc4NC3=O)CC2)C(=O)N2CCN(C3CCNCC3)CC2)cc1Cl. The Kier molecular flexibility index (Phi) is 11.5. The fraction of sp³-hybridized carbons (Fsp3) is 0.571. The second-order valence-electron chi connectivity index (χ2n) is 12.8. The molecule has 0 aromatic heterocycles. The summed E-state index contributed by atoms with van der Waals surface area (Å²) in [5.74, 6) is -0.152. The Labute approximate surface area is 278 Å². The smallest absolute Gasteiger partial charge is 0.410 e. The van der Waals surface area contributed by atoms with Crippen molar-refractivity contribution in [1.82, 2.24) is 24.9 Å². The predicted molar refractivity (Wildman–Crippen MR) is 181 cm³/mol. The van der Waals surface area contributed by atoms with Gasteiger partial charge in [0.1, 0.15) is 0 Å². The number of amides is 4. The van der Waals surface area contributed by atoms with Crippen LogP contribution in [0.2, 0.25) is 5.02 Å². The van der Waals surface area contributed by atoms with Crippen molar-refractivity contribution in [3.63, 3.8) is 0 Å². The standard InChI is InChI=1S/C34H45ClN6O4.CH4/c1-24-6-7-25(22-29(24)35)23-31(32(42)39-20-18-38(19-21-39)27-8-13-36-14-9-27)45-34(44)40-15-11-28(12-16-40)41-17-10-26-4-2-3-5-30(26)37-33(41)43;/h2-7,22,27-28,31,36H,8-21,23H2,1H3,(H,37,43);1H4/t31-;/m1./s1. The van der Waals surface area contributed by atoms with Crippen LogP contribution < -0.4 is 10.6 Å². The summed E-state index contributed by atoms with van der Waals surface area (Å²) in [6.07, 6.45) is 3.22. The first-order valence-corrected chi connectivity index (χ1v) is 16.8. The number of anilines is 1. The molecule has 250 valence electrons. The zero-order valence-corrected chi connectivity index (χ0v) is 26.9. The molecule has 6 rings (SSSR count). The molecule has 1 atom stereocenters. The molecule has 11 heteroatoms. The van der Waals surface area contributed by atoms with Gasteiger partial charge in [0, 0.05) is 75.0 Å². The number of urea groups is 1. The number of ether oxygens (including phenoxy) is 1. The van der Waals surface area contributed by atoms with Crippen LogP contribution in [-0.4, -0.2) is 115 Å². The highest BCUT2D eigenvalue weighted by Gasteiger charge is 2.36. The normalized spacial score (nSPS) is 20.7. The Hall–Kier alpha value is -3.34. The highest BCUT2D eigenvalue weighted by molar-refractivity contribution is 6.31. The Morgan fingerprint density at radius 3 is 2.35 bits per heavy atom. The molecule has 2 aromatic rings. The van der Waals surface area contributed by atoms with Crippen molar-refractivity contribution in [3.8, 4) is 0 Å². The number of hydrogen-bond donors (Lipinski definition) is 2. The quantitative estimate of drug-likeness (QED) is 0.466. The lowest BCUT2D eigenvalue weighted by Crippen LogP contribution is -2.56. The number of rotatable bonds is 6. The molecular weight excluding hydrogens is 604 g/mol. The van der Waals surface area contributed by atoms with Crippen molar-refractivity contribution in [2.75, 3.05) is 64.2 Å². The number of para-hydroxylation sites is 1. The van der Waals surface area contributed by atoms with Gasteiger partial charge in [-0.25, -0.2) is 9.59 Å². The molecule has 2 N–H and O–H groups in total. The molecule has 0 spiro atoms. The lowest BCUT2D eigenvalue weighted by molar-refractivity contribution is -0.143. The minimum atomic E-state index is -0.936. The van der Waals surface area contributed by atoms with Gasteiger partial charge in [0.25, 0.3) is 5.91 Å². The Balaban J connectivity index is 0.00000417. The molecule has 0 aliphatic carbocycles. The van der Waals surface area contributed by atoms with Gasteiger partial charge >= 0.3 is 12.1 Å². The van der Waals surface area contributed by atoms with Crippen molar-refractivity contribution in [2.45, 2.75) is 71.1 Å². The summed E-state index contributed by atoms with van der Waals surface area (Å²) < 4.78 is 6.02. The van der Waals surface area contributed by atoms with Crippen LogP contribution in [-0.2, 0) is 22.4 Å². The van der Waals surface area contributed by atoms with E-state index in [0.29, 0.717) is 56.6 Å². The second kappa shape index (κ2) is 15.5. The van der Waals surface area contributed by atoms with Crippen LogP contribution in [0.3, 0.4) is 0 Å². The molecule has 46 heavy (non-hydrogen) atoms. The second-order valence-corrected chi connectivity index (χ2v) is 13.2. The van der Waals surface area contributed by atoms with Gasteiger partial charge in [0.05, 0.1) is 0 Å². The summed E-state index contributed by atoms with van der Waals surface area (Å²) in [4.78, 5) is 48.4. The first kappa shape index (κ1) is 34.0. The molecule has 4 heterocycles. The zero-order valence-electron chi connectivity index (χ0n) is 26.2. The number of carbonyl (C=O) groups is 3. The van der Waals surface area contributed by atoms with Gasteiger partial charge in [-0.1, -0.05) is 49.4 Å². The van der Waals surface area contributed by atoms with E-state index < -0.39 is 12.2 Å². The first-order chi connectivity index (χ1) is 21.9. The fourth-order valence-corrected chi connectivity index (χ4v) is 7.34. The average molecular weight is 653 g/mol. The van der Waals surface area contributed by atoms with Crippen molar-refractivity contribution in [3.05, 3.63) is 64.2 Å². The predicted octanol–water partition coefficient (Wildman–Crippen LogP) is 4.78. The van der Waals surface area contributed by atoms with Crippen LogP contribution in [0.25, 0.3) is 0 Å². The van der Waals surface area contributed by atoms with Crippen molar-refractivity contribution < 1.29 is 19.1 Å². The number of piperazine rings is 1. The molecule has 0 saturated carbocycles. The van der Waals surface area contributed by atoms with E-state index in [1.807, 2.05) is 59.2 Å². The van der Waals surface area contributed by atoms with Crippen molar-refractivity contribution >= 4 is 35.3 Å². The van der Waals surface area contributed by atoms with Gasteiger partial charge in [-0.15, -0.1) is 0 Å². The fourth-order valence-electron chi connectivity index (χ4n) is 7.13. The van der Waals surface area contributed by atoms with E-state index in [1.54, 1.807) is 4.90 Å². The molecule has 4 aliphatic heterocycles. The van der Waals surface area contributed by atoms with E-state index in [4.69, 9.17) is 16.3 Å². The lowest BCUT2D eigenvalue weighted by atomic mass is 10.0. The maximum atomic E-state index is 13.9. The van der Waals surface area contributed by atoms with Crippen LogP contribution >= 0.6 is 11.6 Å². The van der Waals surface area contributed by atoms with Crippen LogP contribution in [0.15, 0.2) is 42.5 Å². The lowest BCUT2D eigenvalue weighted by Gasteiger charge is -2.41. The van der Waals surface area contributed by atoms with E-state index in [9.17, 15) is 14.4 Å². The minimum absolute atomic E-state index is 0.